The molecule has 0 N–H and O–H groups in total. The topological polar surface area (TPSA) is 35.5 Å². The molecule has 0 bridgehead atoms. The summed E-state index contributed by atoms with van der Waals surface area (Å²) in [6.45, 7) is 3.41. The molecule has 0 radical (unpaired) electrons. The predicted molar refractivity (Wildman–Crippen MR) is 36.5 cm³/mol. The standard InChI is InChI=1S/C5H10FO3P/c1-3-4-5-9-10(6,7)8-2/h3H,1,4-5H2,2H3. The van der Waals surface area contributed by atoms with Gasteiger partial charge in [0, 0.05) is 7.11 Å². The highest BCUT2D eigenvalue weighted by atomic mass is 31.2. The van der Waals surface area contributed by atoms with Crippen molar-refractivity contribution in [3.8, 4) is 0 Å². The van der Waals surface area contributed by atoms with Crippen molar-refractivity contribution in [1.82, 2.24) is 0 Å². The second-order valence-corrected chi connectivity index (χ2v) is 3.01. The smallest absolute Gasteiger partial charge is 0.287 e. The normalized spacial score (nSPS) is 16.2. The van der Waals surface area contributed by atoms with Crippen LogP contribution in [0.1, 0.15) is 6.42 Å². The van der Waals surface area contributed by atoms with Gasteiger partial charge in [-0.25, -0.2) is 4.57 Å². The SMILES string of the molecule is C=CCCOP(=O)(F)OC. The van der Waals surface area contributed by atoms with E-state index in [1.807, 2.05) is 0 Å². The first-order chi connectivity index (χ1) is 4.62. The van der Waals surface area contributed by atoms with Gasteiger partial charge < -0.3 is 0 Å². The van der Waals surface area contributed by atoms with Crippen molar-refractivity contribution in [2.45, 2.75) is 6.42 Å². The van der Waals surface area contributed by atoms with Crippen molar-refractivity contribution < 1.29 is 17.8 Å². The lowest BCUT2D eigenvalue weighted by atomic mass is 10.5. The Morgan fingerprint density at radius 1 is 1.80 bits per heavy atom. The van der Waals surface area contributed by atoms with Gasteiger partial charge in [0.1, 0.15) is 0 Å². The fourth-order valence-corrected chi connectivity index (χ4v) is 0.727. The van der Waals surface area contributed by atoms with Crippen molar-refractivity contribution in [1.29, 1.82) is 0 Å². The minimum absolute atomic E-state index is 0.0329. The van der Waals surface area contributed by atoms with E-state index in [9.17, 15) is 8.76 Å². The highest BCUT2D eigenvalue weighted by Gasteiger charge is 2.20. The first-order valence-corrected chi connectivity index (χ1v) is 4.16. The summed E-state index contributed by atoms with van der Waals surface area (Å²) in [5, 5.41) is 0. The fraction of sp³-hybridized carbons (Fsp3) is 0.600. The summed E-state index contributed by atoms with van der Waals surface area (Å²) < 4.78 is 30.7. The molecule has 0 saturated heterocycles. The third kappa shape index (κ3) is 4.68. The van der Waals surface area contributed by atoms with E-state index in [0.717, 1.165) is 7.11 Å². The van der Waals surface area contributed by atoms with E-state index in [1.54, 1.807) is 0 Å². The van der Waals surface area contributed by atoms with Crippen LogP contribution < -0.4 is 0 Å². The maximum Gasteiger partial charge on any atom is 0.512 e. The third-order valence-corrected chi connectivity index (χ3v) is 1.71. The van der Waals surface area contributed by atoms with E-state index in [0.29, 0.717) is 6.42 Å². The van der Waals surface area contributed by atoms with Gasteiger partial charge in [-0.15, -0.1) is 10.8 Å². The van der Waals surface area contributed by atoms with E-state index in [4.69, 9.17) is 0 Å². The Kier molecular flexibility index (Phi) is 4.52. The largest absolute Gasteiger partial charge is 0.512 e. The molecule has 0 aromatic carbocycles. The Morgan fingerprint density at radius 3 is 2.80 bits per heavy atom. The maximum absolute atomic E-state index is 12.2. The molecule has 3 nitrogen and oxygen atoms in total. The van der Waals surface area contributed by atoms with Gasteiger partial charge >= 0.3 is 7.91 Å². The van der Waals surface area contributed by atoms with Gasteiger partial charge in [-0.05, 0) is 6.42 Å². The van der Waals surface area contributed by atoms with Crippen LogP contribution in [0, 0.1) is 0 Å². The highest BCUT2D eigenvalue weighted by molar-refractivity contribution is 7.48. The van der Waals surface area contributed by atoms with Gasteiger partial charge in [0.25, 0.3) is 0 Å². The second kappa shape index (κ2) is 4.61. The summed E-state index contributed by atoms with van der Waals surface area (Å²) in [5.74, 6) is 0. The monoisotopic (exact) mass is 168 g/mol. The van der Waals surface area contributed by atoms with Crippen LogP contribution in [-0.2, 0) is 13.6 Å². The van der Waals surface area contributed by atoms with E-state index < -0.39 is 7.91 Å². The molecule has 0 aliphatic rings. The van der Waals surface area contributed by atoms with Crippen LogP contribution in [-0.4, -0.2) is 13.7 Å². The fourth-order valence-electron chi connectivity index (χ4n) is 0.298. The van der Waals surface area contributed by atoms with Crippen LogP contribution in [0.3, 0.4) is 0 Å². The molecule has 0 aromatic heterocycles. The van der Waals surface area contributed by atoms with Gasteiger partial charge in [0.05, 0.1) is 6.61 Å². The summed E-state index contributed by atoms with van der Waals surface area (Å²) in [6.07, 6.45) is 1.99. The number of hydrogen-bond acceptors (Lipinski definition) is 3. The van der Waals surface area contributed by atoms with Gasteiger partial charge in [-0.1, -0.05) is 6.08 Å². The zero-order valence-electron chi connectivity index (χ0n) is 5.75. The second-order valence-electron chi connectivity index (χ2n) is 1.52. The average Bonchev–Trinajstić information content (AvgIpc) is 1.89. The quantitative estimate of drug-likeness (QED) is 0.359. The number of halogens is 1. The molecular weight excluding hydrogens is 158 g/mol. The van der Waals surface area contributed by atoms with Crippen LogP contribution in [0.5, 0.6) is 0 Å². The van der Waals surface area contributed by atoms with Crippen molar-refractivity contribution in [2.75, 3.05) is 13.7 Å². The molecule has 10 heavy (non-hydrogen) atoms. The van der Waals surface area contributed by atoms with E-state index >= 15 is 0 Å². The Morgan fingerprint density at radius 2 is 2.40 bits per heavy atom. The Hall–Kier alpha value is -0.180. The molecule has 0 spiro atoms. The van der Waals surface area contributed by atoms with Crippen molar-refractivity contribution in [2.24, 2.45) is 0 Å². The molecule has 1 unspecified atom stereocenters. The van der Waals surface area contributed by atoms with Gasteiger partial charge in [0.15, 0.2) is 0 Å². The predicted octanol–water partition coefficient (Wildman–Crippen LogP) is 2.30. The molecule has 60 valence electrons. The molecule has 5 heteroatoms. The molecule has 0 aromatic rings. The molecule has 0 amide bonds. The molecule has 0 saturated carbocycles. The van der Waals surface area contributed by atoms with Gasteiger partial charge in [0.2, 0.25) is 0 Å². The maximum atomic E-state index is 12.2. The average molecular weight is 168 g/mol. The minimum atomic E-state index is -4.25. The lowest BCUT2D eigenvalue weighted by Gasteiger charge is -2.04. The molecule has 0 heterocycles. The Bertz CT molecular complexity index is 148. The van der Waals surface area contributed by atoms with Crippen LogP contribution in [0.4, 0.5) is 4.20 Å². The molecule has 0 aliphatic heterocycles. The number of hydrogen-bond donors (Lipinski definition) is 0. The van der Waals surface area contributed by atoms with E-state index in [-0.39, 0.29) is 6.61 Å². The highest BCUT2D eigenvalue weighted by Crippen LogP contribution is 2.48. The molecule has 0 aliphatic carbocycles. The van der Waals surface area contributed by atoms with Crippen LogP contribution >= 0.6 is 7.91 Å². The van der Waals surface area contributed by atoms with Crippen molar-refractivity contribution in [3.63, 3.8) is 0 Å². The number of rotatable bonds is 5. The summed E-state index contributed by atoms with van der Waals surface area (Å²) in [6, 6.07) is 0. The summed E-state index contributed by atoms with van der Waals surface area (Å²) in [5.41, 5.74) is 0. The first kappa shape index (κ1) is 9.82. The van der Waals surface area contributed by atoms with Crippen molar-refractivity contribution >= 4 is 7.91 Å². The Balaban J connectivity index is 3.47. The summed E-state index contributed by atoms with van der Waals surface area (Å²) in [7, 11) is -3.26. The lowest BCUT2D eigenvalue weighted by molar-refractivity contribution is 0.204. The zero-order chi connectivity index (χ0) is 8.04. The minimum Gasteiger partial charge on any atom is -0.287 e. The van der Waals surface area contributed by atoms with Gasteiger partial charge in [-0.2, -0.15) is 0 Å². The van der Waals surface area contributed by atoms with Crippen LogP contribution in [0.25, 0.3) is 0 Å². The summed E-state index contributed by atoms with van der Waals surface area (Å²) in [4.78, 5) is 0. The summed E-state index contributed by atoms with van der Waals surface area (Å²) >= 11 is 0. The molecular formula is C5H10FO3P. The molecule has 0 rings (SSSR count). The van der Waals surface area contributed by atoms with Crippen LogP contribution in [0.15, 0.2) is 12.7 Å². The van der Waals surface area contributed by atoms with E-state index in [2.05, 4.69) is 15.6 Å². The van der Waals surface area contributed by atoms with Crippen molar-refractivity contribution in [3.05, 3.63) is 12.7 Å². The van der Waals surface area contributed by atoms with Crippen LogP contribution in [0.2, 0.25) is 0 Å². The van der Waals surface area contributed by atoms with Gasteiger partial charge in [-0.3, -0.25) is 9.05 Å². The zero-order valence-corrected chi connectivity index (χ0v) is 6.64. The third-order valence-electron chi connectivity index (χ3n) is 0.786. The molecule has 1 atom stereocenters. The molecule has 0 fully saturated rings. The lowest BCUT2D eigenvalue weighted by Crippen LogP contribution is -1.89. The first-order valence-electron chi connectivity index (χ1n) is 2.73. The van der Waals surface area contributed by atoms with E-state index in [1.165, 1.54) is 6.08 Å². The Labute approximate surface area is 59.5 Å².